The average molecular weight is 266 g/mol. The third kappa shape index (κ3) is 3.48. The topological polar surface area (TPSA) is 49.4 Å². The summed E-state index contributed by atoms with van der Waals surface area (Å²) in [5.74, 6) is 0.452. The van der Waals surface area contributed by atoms with Gasteiger partial charge in [0.15, 0.2) is 0 Å². The summed E-state index contributed by atoms with van der Waals surface area (Å²) in [6.45, 7) is 6.75. The highest BCUT2D eigenvalue weighted by Gasteiger charge is 2.39. The first kappa shape index (κ1) is 14.4. The molecule has 2 fully saturated rings. The minimum atomic E-state index is -0.221. The highest BCUT2D eigenvalue weighted by Crippen LogP contribution is 2.32. The van der Waals surface area contributed by atoms with E-state index in [1.54, 1.807) is 0 Å². The Labute approximate surface area is 115 Å². The van der Waals surface area contributed by atoms with E-state index in [2.05, 4.69) is 5.32 Å². The first-order valence-corrected chi connectivity index (χ1v) is 7.50. The van der Waals surface area contributed by atoms with Crippen LogP contribution < -0.4 is 5.32 Å². The maximum atomic E-state index is 12.3. The number of nitrogens with one attached hydrogen (secondary N) is 1. The summed E-state index contributed by atoms with van der Waals surface area (Å²) < 4.78 is 0. The lowest BCUT2D eigenvalue weighted by Gasteiger charge is -2.34. The van der Waals surface area contributed by atoms with Crippen LogP contribution >= 0.6 is 0 Å². The summed E-state index contributed by atoms with van der Waals surface area (Å²) >= 11 is 0. The summed E-state index contributed by atoms with van der Waals surface area (Å²) in [5.41, 5.74) is -0.221. The summed E-state index contributed by atoms with van der Waals surface area (Å²) in [5, 5.41) is 3.02. The van der Waals surface area contributed by atoms with Crippen molar-refractivity contribution in [1.82, 2.24) is 10.2 Å². The van der Waals surface area contributed by atoms with E-state index in [9.17, 15) is 9.59 Å². The smallest absolute Gasteiger partial charge is 0.318 e. The molecule has 2 rings (SSSR count). The molecule has 2 aliphatic rings. The largest absolute Gasteiger partial charge is 0.333 e. The fourth-order valence-corrected chi connectivity index (χ4v) is 3.27. The number of likely N-dealkylation sites (tertiary alicyclic amines) is 1. The van der Waals surface area contributed by atoms with Crippen molar-refractivity contribution in [3.8, 4) is 0 Å². The molecule has 0 aromatic rings. The molecular formula is C15H26N2O2. The number of carbonyl (C=O) groups excluding carboxylic acids is 2. The van der Waals surface area contributed by atoms with Crippen molar-refractivity contribution >= 4 is 11.8 Å². The van der Waals surface area contributed by atoms with Gasteiger partial charge in [-0.1, -0.05) is 6.42 Å². The van der Waals surface area contributed by atoms with Gasteiger partial charge in [-0.15, -0.1) is 0 Å². The monoisotopic (exact) mass is 266 g/mol. The van der Waals surface area contributed by atoms with Gasteiger partial charge >= 0.3 is 6.03 Å². The predicted molar refractivity (Wildman–Crippen MR) is 75.0 cm³/mol. The van der Waals surface area contributed by atoms with Crippen molar-refractivity contribution in [1.29, 1.82) is 0 Å². The first-order chi connectivity index (χ1) is 8.88. The van der Waals surface area contributed by atoms with Crippen LogP contribution in [-0.2, 0) is 4.79 Å². The SMILES string of the molecule is CC(C)(C)NC(=O)N1CCCC1C1CCCCC1=O. The molecule has 19 heavy (non-hydrogen) atoms. The normalized spacial score (nSPS) is 28.6. The number of nitrogens with zero attached hydrogens (tertiary/aromatic N) is 1. The minimum absolute atomic E-state index is 0.00614. The van der Waals surface area contributed by atoms with Crippen LogP contribution in [0.2, 0.25) is 0 Å². The lowest BCUT2D eigenvalue weighted by atomic mass is 9.82. The van der Waals surface area contributed by atoms with E-state index in [-0.39, 0.29) is 23.5 Å². The molecule has 108 valence electrons. The third-order valence-corrected chi connectivity index (χ3v) is 4.11. The number of Topliss-reactive ketones (excluding diaryl/α,β-unsaturated/α-hetero) is 1. The molecule has 0 radical (unpaired) electrons. The second-order valence-corrected chi connectivity index (χ2v) is 6.90. The number of urea groups is 1. The molecule has 0 spiro atoms. The Hall–Kier alpha value is -1.06. The Balaban J connectivity index is 2.04. The van der Waals surface area contributed by atoms with Gasteiger partial charge in [-0.05, 0) is 46.5 Å². The lowest BCUT2D eigenvalue weighted by molar-refractivity contribution is -0.126. The zero-order valence-corrected chi connectivity index (χ0v) is 12.4. The van der Waals surface area contributed by atoms with Gasteiger partial charge in [-0.2, -0.15) is 0 Å². The minimum Gasteiger partial charge on any atom is -0.333 e. The maximum absolute atomic E-state index is 12.3. The Bertz CT molecular complexity index is 360. The average Bonchev–Trinajstić information content (AvgIpc) is 2.76. The molecule has 4 nitrogen and oxygen atoms in total. The van der Waals surface area contributed by atoms with E-state index in [0.717, 1.165) is 38.6 Å². The highest BCUT2D eigenvalue weighted by molar-refractivity contribution is 5.84. The molecule has 1 aliphatic carbocycles. The molecule has 1 aliphatic heterocycles. The fraction of sp³-hybridized carbons (Fsp3) is 0.867. The van der Waals surface area contributed by atoms with E-state index in [1.165, 1.54) is 0 Å². The Kier molecular flexibility index (Phi) is 4.16. The Morgan fingerprint density at radius 3 is 2.58 bits per heavy atom. The van der Waals surface area contributed by atoms with Crippen LogP contribution in [0.4, 0.5) is 4.79 Å². The maximum Gasteiger partial charge on any atom is 0.318 e. The number of hydrogen-bond donors (Lipinski definition) is 1. The van der Waals surface area contributed by atoms with Crippen LogP contribution in [0.15, 0.2) is 0 Å². The molecular weight excluding hydrogens is 240 g/mol. The molecule has 4 heteroatoms. The quantitative estimate of drug-likeness (QED) is 0.793. The van der Waals surface area contributed by atoms with E-state index in [1.807, 2.05) is 25.7 Å². The molecule has 0 bridgehead atoms. The first-order valence-electron chi connectivity index (χ1n) is 7.50. The Morgan fingerprint density at radius 1 is 1.21 bits per heavy atom. The van der Waals surface area contributed by atoms with Crippen LogP contribution in [0.1, 0.15) is 59.3 Å². The van der Waals surface area contributed by atoms with Crippen molar-refractivity contribution in [3.63, 3.8) is 0 Å². The molecule has 2 atom stereocenters. The summed E-state index contributed by atoms with van der Waals surface area (Å²) in [7, 11) is 0. The number of amides is 2. The number of hydrogen-bond acceptors (Lipinski definition) is 2. The summed E-state index contributed by atoms with van der Waals surface area (Å²) in [6.07, 6.45) is 5.82. The van der Waals surface area contributed by atoms with Crippen LogP contribution in [0, 0.1) is 5.92 Å². The molecule has 1 heterocycles. The van der Waals surface area contributed by atoms with Gasteiger partial charge in [-0.3, -0.25) is 4.79 Å². The molecule has 0 aromatic carbocycles. The fourth-order valence-electron chi connectivity index (χ4n) is 3.27. The highest BCUT2D eigenvalue weighted by atomic mass is 16.2. The second-order valence-electron chi connectivity index (χ2n) is 6.90. The van der Waals surface area contributed by atoms with Crippen molar-refractivity contribution < 1.29 is 9.59 Å². The van der Waals surface area contributed by atoms with E-state index in [4.69, 9.17) is 0 Å². The molecule has 1 saturated carbocycles. The number of carbonyl (C=O) groups is 2. The van der Waals surface area contributed by atoms with E-state index < -0.39 is 0 Å². The second kappa shape index (κ2) is 5.51. The van der Waals surface area contributed by atoms with Crippen LogP contribution in [-0.4, -0.2) is 34.8 Å². The number of rotatable bonds is 1. The third-order valence-electron chi connectivity index (χ3n) is 4.11. The van der Waals surface area contributed by atoms with Crippen molar-refractivity contribution in [2.45, 2.75) is 70.9 Å². The van der Waals surface area contributed by atoms with Crippen molar-refractivity contribution in [3.05, 3.63) is 0 Å². The van der Waals surface area contributed by atoms with Crippen LogP contribution in [0.25, 0.3) is 0 Å². The van der Waals surface area contributed by atoms with Gasteiger partial charge in [0.1, 0.15) is 5.78 Å². The van der Waals surface area contributed by atoms with Gasteiger partial charge < -0.3 is 10.2 Å². The van der Waals surface area contributed by atoms with Gasteiger partial charge in [0.2, 0.25) is 0 Å². The van der Waals surface area contributed by atoms with E-state index in [0.29, 0.717) is 12.2 Å². The van der Waals surface area contributed by atoms with Crippen molar-refractivity contribution in [2.24, 2.45) is 5.92 Å². The Morgan fingerprint density at radius 2 is 1.95 bits per heavy atom. The summed E-state index contributed by atoms with van der Waals surface area (Å²) in [6, 6.07) is 0.128. The molecule has 2 unspecified atom stereocenters. The van der Waals surface area contributed by atoms with Crippen LogP contribution in [0.5, 0.6) is 0 Å². The zero-order chi connectivity index (χ0) is 14.0. The predicted octanol–water partition coefficient (Wildman–Crippen LogP) is 2.72. The van der Waals surface area contributed by atoms with Gasteiger partial charge in [0.25, 0.3) is 0 Å². The van der Waals surface area contributed by atoms with Crippen LogP contribution in [0.3, 0.4) is 0 Å². The zero-order valence-electron chi connectivity index (χ0n) is 12.4. The van der Waals surface area contributed by atoms with Gasteiger partial charge in [0.05, 0.1) is 0 Å². The lowest BCUT2D eigenvalue weighted by Crippen LogP contribution is -2.52. The van der Waals surface area contributed by atoms with Gasteiger partial charge in [0, 0.05) is 30.5 Å². The van der Waals surface area contributed by atoms with E-state index >= 15 is 0 Å². The molecule has 1 N–H and O–H groups in total. The molecule has 0 aromatic heterocycles. The standard InChI is InChI=1S/C15H26N2O2/c1-15(2,3)16-14(19)17-10-6-8-12(17)11-7-4-5-9-13(11)18/h11-12H,4-10H2,1-3H3,(H,16,19). The molecule has 1 saturated heterocycles. The summed E-state index contributed by atoms with van der Waals surface area (Å²) in [4.78, 5) is 26.3. The molecule has 2 amide bonds. The van der Waals surface area contributed by atoms with Gasteiger partial charge in [-0.25, -0.2) is 4.79 Å². The number of ketones is 1. The van der Waals surface area contributed by atoms with Crippen molar-refractivity contribution in [2.75, 3.05) is 6.54 Å².